The number of nitrogens with zero attached hydrogens (tertiary/aromatic N) is 2. The number of hydrogen-bond acceptors (Lipinski definition) is 6. The lowest BCUT2D eigenvalue weighted by molar-refractivity contribution is -0.123. The summed E-state index contributed by atoms with van der Waals surface area (Å²) in [5.41, 5.74) is 3.39. The average Bonchev–Trinajstić information content (AvgIpc) is 2.62. The predicted octanol–water partition coefficient (Wildman–Crippen LogP) is 1.66. The van der Waals surface area contributed by atoms with E-state index in [9.17, 15) is 4.79 Å². The molecule has 138 valence electrons. The highest BCUT2D eigenvalue weighted by molar-refractivity contribution is 5.83. The SMILES string of the molecule is CCCOc1ccc(/C=N\NC(=O)CN2CCOCC2)cc1OCC. The van der Waals surface area contributed by atoms with Crippen LogP contribution in [0.5, 0.6) is 11.5 Å². The van der Waals surface area contributed by atoms with Crippen LogP contribution < -0.4 is 14.9 Å². The molecule has 7 heteroatoms. The third-order valence-corrected chi connectivity index (χ3v) is 3.60. The van der Waals surface area contributed by atoms with Gasteiger partial charge in [0, 0.05) is 13.1 Å². The van der Waals surface area contributed by atoms with Gasteiger partial charge in [-0.05, 0) is 37.1 Å². The number of ether oxygens (including phenoxy) is 3. The molecule has 1 fully saturated rings. The normalized spacial score (nSPS) is 15.3. The van der Waals surface area contributed by atoms with Gasteiger partial charge in [0.25, 0.3) is 5.91 Å². The standard InChI is InChI=1S/C18H27N3O4/c1-3-9-25-16-6-5-15(12-17(16)24-4-2)13-19-20-18(22)14-21-7-10-23-11-8-21/h5-6,12-13H,3-4,7-11,14H2,1-2H3,(H,20,22)/b19-13-. The molecule has 2 rings (SSSR count). The molecule has 1 amide bonds. The molecule has 1 aliphatic heterocycles. The Labute approximate surface area is 148 Å². The van der Waals surface area contributed by atoms with Crippen LogP contribution in [-0.2, 0) is 9.53 Å². The topological polar surface area (TPSA) is 72.4 Å². The molecule has 1 aromatic carbocycles. The summed E-state index contributed by atoms with van der Waals surface area (Å²) >= 11 is 0. The Morgan fingerprint density at radius 1 is 1.28 bits per heavy atom. The van der Waals surface area contributed by atoms with Crippen molar-refractivity contribution in [3.8, 4) is 11.5 Å². The van der Waals surface area contributed by atoms with Crippen molar-refractivity contribution in [2.75, 3.05) is 46.1 Å². The monoisotopic (exact) mass is 349 g/mol. The molecule has 0 spiro atoms. The van der Waals surface area contributed by atoms with Gasteiger partial charge in [-0.3, -0.25) is 9.69 Å². The van der Waals surface area contributed by atoms with Crippen LogP contribution in [0.3, 0.4) is 0 Å². The molecule has 0 saturated carbocycles. The van der Waals surface area contributed by atoms with Crippen LogP contribution in [0.4, 0.5) is 0 Å². The van der Waals surface area contributed by atoms with Crippen molar-refractivity contribution in [2.24, 2.45) is 5.10 Å². The number of hydrazone groups is 1. The summed E-state index contributed by atoms with van der Waals surface area (Å²) in [6, 6.07) is 5.59. The third-order valence-electron chi connectivity index (χ3n) is 3.60. The Balaban J connectivity index is 1.88. The van der Waals surface area contributed by atoms with Gasteiger partial charge in [-0.15, -0.1) is 0 Å². The largest absolute Gasteiger partial charge is 0.490 e. The fourth-order valence-corrected chi connectivity index (χ4v) is 2.38. The van der Waals surface area contributed by atoms with Crippen molar-refractivity contribution >= 4 is 12.1 Å². The van der Waals surface area contributed by atoms with Crippen molar-refractivity contribution in [2.45, 2.75) is 20.3 Å². The molecule has 0 aromatic heterocycles. The predicted molar refractivity (Wildman–Crippen MR) is 96.4 cm³/mol. The Bertz CT molecular complexity index is 571. The van der Waals surface area contributed by atoms with Crippen molar-refractivity contribution in [3.63, 3.8) is 0 Å². The van der Waals surface area contributed by atoms with E-state index in [2.05, 4.69) is 17.5 Å². The maximum absolute atomic E-state index is 11.9. The molecule has 1 aliphatic rings. The summed E-state index contributed by atoms with van der Waals surface area (Å²) < 4.78 is 16.5. The summed E-state index contributed by atoms with van der Waals surface area (Å²) in [5, 5.41) is 4.02. The second kappa shape index (κ2) is 10.7. The first-order valence-electron chi connectivity index (χ1n) is 8.74. The maximum Gasteiger partial charge on any atom is 0.254 e. The summed E-state index contributed by atoms with van der Waals surface area (Å²) in [7, 11) is 0. The number of nitrogens with one attached hydrogen (secondary N) is 1. The van der Waals surface area contributed by atoms with Gasteiger partial charge in [-0.1, -0.05) is 6.92 Å². The number of rotatable bonds is 9. The van der Waals surface area contributed by atoms with Gasteiger partial charge >= 0.3 is 0 Å². The first-order valence-corrected chi connectivity index (χ1v) is 8.74. The molecule has 0 bridgehead atoms. The molecular weight excluding hydrogens is 322 g/mol. The molecule has 7 nitrogen and oxygen atoms in total. The van der Waals surface area contributed by atoms with Crippen molar-refractivity contribution in [3.05, 3.63) is 23.8 Å². The third kappa shape index (κ3) is 6.72. The highest BCUT2D eigenvalue weighted by Gasteiger charge is 2.13. The van der Waals surface area contributed by atoms with E-state index in [-0.39, 0.29) is 5.91 Å². The van der Waals surface area contributed by atoms with E-state index in [1.54, 1.807) is 6.21 Å². The quantitative estimate of drug-likeness (QED) is 0.542. The Hall–Kier alpha value is -2.12. The van der Waals surface area contributed by atoms with Crippen LogP contribution in [0.25, 0.3) is 0 Å². The van der Waals surface area contributed by atoms with Gasteiger partial charge in [-0.2, -0.15) is 5.10 Å². The number of benzene rings is 1. The Morgan fingerprint density at radius 3 is 2.80 bits per heavy atom. The second-order valence-corrected chi connectivity index (χ2v) is 5.67. The zero-order valence-corrected chi connectivity index (χ0v) is 15.0. The van der Waals surface area contributed by atoms with Crippen LogP contribution in [0.15, 0.2) is 23.3 Å². The van der Waals surface area contributed by atoms with Gasteiger partial charge < -0.3 is 14.2 Å². The van der Waals surface area contributed by atoms with Gasteiger partial charge in [0.15, 0.2) is 11.5 Å². The van der Waals surface area contributed by atoms with Crippen molar-refractivity contribution < 1.29 is 19.0 Å². The number of amides is 1. The molecule has 1 aromatic rings. The Morgan fingerprint density at radius 2 is 2.08 bits per heavy atom. The second-order valence-electron chi connectivity index (χ2n) is 5.67. The molecule has 0 radical (unpaired) electrons. The lowest BCUT2D eigenvalue weighted by Crippen LogP contribution is -2.42. The van der Waals surface area contributed by atoms with E-state index < -0.39 is 0 Å². The molecule has 1 N–H and O–H groups in total. The van der Waals surface area contributed by atoms with E-state index >= 15 is 0 Å². The minimum atomic E-state index is -0.133. The molecule has 0 aliphatic carbocycles. The van der Waals surface area contributed by atoms with E-state index in [4.69, 9.17) is 14.2 Å². The van der Waals surface area contributed by atoms with Gasteiger partial charge in [-0.25, -0.2) is 5.43 Å². The van der Waals surface area contributed by atoms with Crippen LogP contribution in [0.1, 0.15) is 25.8 Å². The molecule has 1 heterocycles. The minimum absolute atomic E-state index is 0.133. The number of hydrogen-bond donors (Lipinski definition) is 1. The van der Waals surface area contributed by atoms with Crippen molar-refractivity contribution in [1.82, 2.24) is 10.3 Å². The van der Waals surface area contributed by atoms with Crippen LogP contribution in [-0.4, -0.2) is 63.1 Å². The summed E-state index contributed by atoms with van der Waals surface area (Å²) in [4.78, 5) is 13.9. The van der Waals surface area contributed by atoms with E-state index in [0.29, 0.717) is 38.7 Å². The van der Waals surface area contributed by atoms with Crippen LogP contribution in [0, 0.1) is 0 Å². The van der Waals surface area contributed by atoms with E-state index in [0.717, 1.165) is 30.8 Å². The zero-order chi connectivity index (χ0) is 17.9. The zero-order valence-electron chi connectivity index (χ0n) is 15.0. The lowest BCUT2D eigenvalue weighted by Gasteiger charge is -2.25. The molecule has 0 unspecified atom stereocenters. The molecule has 0 atom stereocenters. The van der Waals surface area contributed by atoms with Gasteiger partial charge in [0.05, 0.1) is 39.2 Å². The van der Waals surface area contributed by atoms with Gasteiger partial charge in [0.2, 0.25) is 0 Å². The number of carbonyl (C=O) groups excluding carboxylic acids is 1. The highest BCUT2D eigenvalue weighted by Crippen LogP contribution is 2.28. The molecular formula is C18H27N3O4. The first-order chi connectivity index (χ1) is 12.2. The van der Waals surface area contributed by atoms with Crippen LogP contribution in [0.2, 0.25) is 0 Å². The van der Waals surface area contributed by atoms with Crippen LogP contribution >= 0.6 is 0 Å². The molecule has 25 heavy (non-hydrogen) atoms. The number of morpholine rings is 1. The summed E-state index contributed by atoms with van der Waals surface area (Å²) in [6.45, 7) is 8.39. The maximum atomic E-state index is 11.9. The highest BCUT2D eigenvalue weighted by atomic mass is 16.5. The summed E-state index contributed by atoms with van der Waals surface area (Å²) in [5.74, 6) is 1.27. The van der Waals surface area contributed by atoms with Crippen molar-refractivity contribution in [1.29, 1.82) is 0 Å². The smallest absolute Gasteiger partial charge is 0.254 e. The van der Waals surface area contributed by atoms with Gasteiger partial charge in [0.1, 0.15) is 0 Å². The average molecular weight is 349 g/mol. The molecule has 1 saturated heterocycles. The van der Waals surface area contributed by atoms with E-state index in [1.165, 1.54) is 0 Å². The number of carbonyl (C=O) groups is 1. The lowest BCUT2D eigenvalue weighted by atomic mass is 10.2. The first kappa shape index (κ1) is 19.2. The fourth-order valence-electron chi connectivity index (χ4n) is 2.38. The summed E-state index contributed by atoms with van der Waals surface area (Å²) in [6.07, 6.45) is 2.54. The fraction of sp³-hybridized carbons (Fsp3) is 0.556. The Kier molecular flexibility index (Phi) is 8.21. The van der Waals surface area contributed by atoms with E-state index in [1.807, 2.05) is 30.0 Å². The minimum Gasteiger partial charge on any atom is -0.490 e.